The number of nitrogens with one attached hydrogen (secondary N) is 2. The Morgan fingerprint density at radius 2 is 0.977 bits per heavy atom. The molecule has 0 aromatic heterocycles. The second-order valence-corrected chi connectivity index (χ2v) is 13.6. The van der Waals surface area contributed by atoms with Crippen molar-refractivity contribution in [2.24, 2.45) is 5.41 Å². The average molecular weight is 608 g/mol. The smallest absolute Gasteiger partial charge is 0.407 e. The van der Waals surface area contributed by atoms with Gasteiger partial charge in [-0.1, -0.05) is 129 Å². The molecule has 7 heteroatoms. The molecular formula is C36H69N3O4. The molecule has 2 N–H and O–H groups in total. The maximum absolute atomic E-state index is 12.4. The van der Waals surface area contributed by atoms with Gasteiger partial charge in [0, 0.05) is 18.5 Å². The Morgan fingerprint density at radius 1 is 0.558 bits per heavy atom. The Kier molecular flexibility index (Phi) is 22.6. The number of ether oxygens (including phenoxy) is 2. The van der Waals surface area contributed by atoms with E-state index >= 15 is 0 Å². The Morgan fingerprint density at radius 3 is 1.47 bits per heavy atom. The summed E-state index contributed by atoms with van der Waals surface area (Å²) < 4.78 is 11.3. The van der Waals surface area contributed by atoms with Crippen LogP contribution in [0.3, 0.4) is 0 Å². The fourth-order valence-electron chi connectivity index (χ4n) is 6.71. The van der Waals surface area contributed by atoms with Crippen LogP contribution in [0.5, 0.6) is 0 Å². The predicted molar refractivity (Wildman–Crippen MR) is 179 cm³/mol. The van der Waals surface area contributed by atoms with Gasteiger partial charge in [-0.05, 0) is 58.2 Å². The molecule has 0 atom stereocenters. The lowest BCUT2D eigenvalue weighted by Gasteiger charge is -2.35. The summed E-state index contributed by atoms with van der Waals surface area (Å²) >= 11 is 0. The number of rotatable bonds is 25. The van der Waals surface area contributed by atoms with E-state index in [-0.39, 0.29) is 17.6 Å². The molecule has 1 aliphatic heterocycles. The van der Waals surface area contributed by atoms with Crippen molar-refractivity contribution in [1.29, 1.82) is 0 Å². The number of carbonyl (C=O) groups is 2. The van der Waals surface area contributed by atoms with Crippen LogP contribution in [0.4, 0.5) is 9.59 Å². The Labute approximate surface area is 265 Å². The van der Waals surface area contributed by atoms with Crippen molar-refractivity contribution in [3.05, 3.63) is 0 Å². The van der Waals surface area contributed by atoms with Crippen LogP contribution in [-0.4, -0.2) is 63.0 Å². The number of hydrogen-bond donors (Lipinski definition) is 2. The number of hydrogen-bond acceptors (Lipinski definition) is 5. The number of nitrogens with zero attached hydrogens (tertiary/aromatic N) is 1. The van der Waals surface area contributed by atoms with Crippen molar-refractivity contribution < 1.29 is 19.1 Å². The Hall–Kier alpha value is -1.50. The van der Waals surface area contributed by atoms with E-state index in [4.69, 9.17) is 9.47 Å². The zero-order valence-electron chi connectivity index (χ0n) is 28.2. The molecule has 0 aromatic carbocycles. The third kappa shape index (κ3) is 20.2. The molecule has 1 aliphatic carbocycles. The van der Waals surface area contributed by atoms with E-state index in [2.05, 4.69) is 22.5 Å². The van der Waals surface area contributed by atoms with Gasteiger partial charge in [-0.15, -0.1) is 0 Å². The summed E-state index contributed by atoms with van der Waals surface area (Å²) in [7, 11) is 0. The molecule has 2 amide bonds. The minimum absolute atomic E-state index is 0.255. The maximum Gasteiger partial charge on any atom is 0.407 e. The van der Waals surface area contributed by atoms with Crippen LogP contribution in [0.1, 0.15) is 167 Å². The second kappa shape index (κ2) is 25.8. The second-order valence-electron chi connectivity index (χ2n) is 13.6. The summed E-state index contributed by atoms with van der Waals surface area (Å²) in [4.78, 5) is 27.2. The first kappa shape index (κ1) is 37.7. The monoisotopic (exact) mass is 608 g/mol. The van der Waals surface area contributed by atoms with E-state index in [9.17, 15) is 9.59 Å². The van der Waals surface area contributed by atoms with E-state index in [1.165, 1.54) is 129 Å². The molecular weight excluding hydrogens is 538 g/mol. The first-order valence-electron chi connectivity index (χ1n) is 18.7. The zero-order chi connectivity index (χ0) is 30.7. The number of piperidine rings is 1. The highest BCUT2D eigenvalue weighted by atomic mass is 16.6. The van der Waals surface area contributed by atoms with Gasteiger partial charge in [0.05, 0.1) is 0 Å². The van der Waals surface area contributed by atoms with E-state index in [1.54, 1.807) is 0 Å². The molecule has 0 aromatic rings. The Bertz CT molecular complexity index is 677. The summed E-state index contributed by atoms with van der Waals surface area (Å²) in [5.74, 6) is 0. The lowest BCUT2D eigenvalue weighted by molar-refractivity contribution is 0.00309. The fraction of sp³-hybridized carbons (Fsp3) is 0.944. The van der Waals surface area contributed by atoms with Crippen LogP contribution >= 0.6 is 0 Å². The highest BCUT2D eigenvalue weighted by molar-refractivity contribution is 5.67. The van der Waals surface area contributed by atoms with Gasteiger partial charge >= 0.3 is 12.2 Å². The molecule has 0 radical (unpaired) electrons. The van der Waals surface area contributed by atoms with Gasteiger partial charge in [0.2, 0.25) is 0 Å². The van der Waals surface area contributed by atoms with Gasteiger partial charge in [-0.3, -0.25) is 0 Å². The molecule has 43 heavy (non-hydrogen) atoms. The first-order chi connectivity index (χ1) is 21.1. The molecule has 0 unspecified atom stereocenters. The van der Waals surface area contributed by atoms with Crippen LogP contribution in [0.2, 0.25) is 0 Å². The van der Waals surface area contributed by atoms with E-state index < -0.39 is 0 Å². The summed E-state index contributed by atoms with van der Waals surface area (Å²) in [5, 5.41) is 5.84. The largest absolute Gasteiger partial charge is 0.449 e. The molecule has 2 rings (SSSR count). The van der Waals surface area contributed by atoms with Gasteiger partial charge in [0.15, 0.2) is 0 Å². The topological polar surface area (TPSA) is 79.9 Å². The molecule has 0 bridgehead atoms. The highest BCUT2D eigenvalue weighted by Crippen LogP contribution is 2.37. The summed E-state index contributed by atoms with van der Waals surface area (Å²) in [6.45, 7) is 7.62. The van der Waals surface area contributed by atoms with Gasteiger partial charge in [-0.2, -0.15) is 0 Å². The van der Waals surface area contributed by atoms with Gasteiger partial charge < -0.3 is 25.0 Å². The quantitative estimate of drug-likeness (QED) is 0.101. The van der Waals surface area contributed by atoms with Crippen LogP contribution in [0.15, 0.2) is 0 Å². The minimum Gasteiger partial charge on any atom is -0.449 e. The number of amides is 2. The lowest BCUT2D eigenvalue weighted by atomic mass is 9.75. The summed E-state index contributed by atoms with van der Waals surface area (Å²) in [5.41, 5.74) is -0.255. The highest BCUT2D eigenvalue weighted by Gasteiger charge is 2.35. The molecule has 0 spiro atoms. The molecule has 1 heterocycles. The molecule has 7 nitrogen and oxygen atoms in total. The van der Waals surface area contributed by atoms with Crippen molar-refractivity contribution in [2.75, 3.05) is 45.9 Å². The molecule has 1 saturated carbocycles. The predicted octanol–water partition coefficient (Wildman–Crippen LogP) is 9.53. The number of unbranched alkanes of at least 4 members (excludes halogenated alkanes) is 15. The zero-order valence-corrected chi connectivity index (χ0v) is 28.2. The number of carbonyl (C=O) groups excluding carboxylic acids is 2. The lowest BCUT2D eigenvalue weighted by Crippen LogP contribution is -2.40. The summed E-state index contributed by atoms with van der Waals surface area (Å²) in [6.07, 6.45) is 30.9. The SMILES string of the molecule is CCCCCCCCCCCCCCCCCCNC(=O)OCC1(COC(=O)NCCCN2CCCCC2)CCCCC1. The molecule has 2 fully saturated rings. The van der Waals surface area contributed by atoms with E-state index in [1.807, 2.05) is 0 Å². The summed E-state index contributed by atoms with van der Waals surface area (Å²) in [6, 6.07) is 0. The fourth-order valence-corrected chi connectivity index (χ4v) is 6.71. The van der Waals surface area contributed by atoms with Crippen molar-refractivity contribution in [3.8, 4) is 0 Å². The third-order valence-electron chi connectivity index (χ3n) is 9.60. The van der Waals surface area contributed by atoms with Gasteiger partial charge in [-0.25, -0.2) is 9.59 Å². The molecule has 2 aliphatic rings. The molecule has 252 valence electrons. The van der Waals surface area contributed by atoms with Crippen molar-refractivity contribution >= 4 is 12.2 Å². The van der Waals surface area contributed by atoms with Crippen LogP contribution in [-0.2, 0) is 9.47 Å². The van der Waals surface area contributed by atoms with E-state index in [0.717, 1.165) is 51.5 Å². The first-order valence-corrected chi connectivity index (χ1v) is 18.7. The number of likely N-dealkylation sites (tertiary alicyclic amines) is 1. The van der Waals surface area contributed by atoms with Crippen molar-refractivity contribution in [2.45, 2.75) is 167 Å². The number of alkyl carbamates (subject to hydrolysis) is 2. The van der Waals surface area contributed by atoms with Crippen LogP contribution in [0.25, 0.3) is 0 Å². The maximum atomic E-state index is 12.4. The standard InChI is InChI=1S/C36H69N3O4/c1-2-3-4-5-6-7-8-9-10-11-12-13-14-15-16-21-27-37-34(40)42-32-36(25-19-17-20-26-36)33-43-35(41)38-28-24-31-39-29-22-18-23-30-39/h2-33H2,1H3,(H,37,40)(H,38,41). The van der Waals surface area contributed by atoms with Gasteiger partial charge in [0.1, 0.15) is 13.2 Å². The average Bonchev–Trinajstić information content (AvgIpc) is 3.03. The van der Waals surface area contributed by atoms with Crippen molar-refractivity contribution in [3.63, 3.8) is 0 Å². The van der Waals surface area contributed by atoms with Crippen molar-refractivity contribution in [1.82, 2.24) is 15.5 Å². The van der Waals surface area contributed by atoms with E-state index in [0.29, 0.717) is 26.3 Å². The molecule has 1 saturated heterocycles. The van der Waals surface area contributed by atoms with Crippen LogP contribution < -0.4 is 10.6 Å². The normalized spacial score (nSPS) is 17.0. The Balaban J connectivity index is 1.42. The van der Waals surface area contributed by atoms with Crippen LogP contribution in [0, 0.1) is 5.41 Å². The van der Waals surface area contributed by atoms with Gasteiger partial charge in [0.25, 0.3) is 0 Å². The minimum atomic E-state index is -0.350. The third-order valence-corrected chi connectivity index (χ3v) is 9.60.